The summed E-state index contributed by atoms with van der Waals surface area (Å²) in [4.78, 5) is 22.8. The average molecular weight is 359 g/mol. The molecule has 1 N–H and O–H groups in total. The molecule has 0 aromatic carbocycles. The van der Waals surface area contributed by atoms with Crippen LogP contribution in [0.1, 0.15) is 10.5 Å². The van der Waals surface area contributed by atoms with Gasteiger partial charge in [-0.3, -0.25) is 4.98 Å². The van der Waals surface area contributed by atoms with Crippen molar-refractivity contribution in [3.05, 3.63) is 39.2 Å². The molecule has 2 aromatic heterocycles. The number of aromatic carboxylic acids is 1. The van der Waals surface area contributed by atoms with Gasteiger partial charge in [0.2, 0.25) is 0 Å². The SMILES string of the molecule is O=C(O)c1ccnc(-c2ncc(Br)cc2Br)n1. The lowest BCUT2D eigenvalue weighted by molar-refractivity contribution is 0.0690. The Balaban J connectivity index is 2.53. The normalized spacial score (nSPS) is 10.2. The van der Waals surface area contributed by atoms with E-state index in [4.69, 9.17) is 5.11 Å². The maximum Gasteiger partial charge on any atom is 0.354 e. The van der Waals surface area contributed by atoms with E-state index in [0.29, 0.717) is 10.2 Å². The monoisotopic (exact) mass is 357 g/mol. The number of carboxylic acid groups (broad SMARTS) is 1. The highest BCUT2D eigenvalue weighted by Crippen LogP contribution is 2.25. The minimum atomic E-state index is -1.10. The molecular weight excluding hydrogens is 354 g/mol. The fraction of sp³-hybridized carbons (Fsp3) is 0. The number of hydrogen-bond donors (Lipinski definition) is 1. The molecular formula is C10H5Br2N3O2. The van der Waals surface area contributed by atoms with Crippen LogP contribution in [0.25, 0.3) is 11.5 Å². The highest BCUT2D eigenvalue weighted by Gasteiger charge is 2.11. The minimum absolute atomic E-state index is 0.0633. The highest BCUT2D eigenvalue weighted by molar-refractivity contribution is 9.11. The third kappa shape index (κ3) is 2.67. The van der Waals surface area contributed by atoms with Gasteiger partial charge in [-0.25, -0.2) is 14.8 Å². The van der Waals surface area contributed by atoms with Crippen LogP contribution in [0, 0.1) is 0 Å². The molecule has 0 unspecified atom stereocenters. The highest BCUT2D eigenvalue weighted by atomic mass is 79.9. The summed E-state index contributed by atoms with van der Waals surface area (Å²) in [5, 5.41) is 8.84. The van der Waals surface area contributed by atoms with Gasteiger partial charge in [0.15, 0.2) is 11.5 Å². The van der Waals surface area contributed by atoms with E-state index in [1.165, 1.54) is 12.3 Å². The molecule has 0 spiro atoms. The number of pyridine rings is 1. The molecule has 0 aliphatic heterocycles. The summed E-state index contributed by atoms with van der Waals surface area (Å²) in [7, 11) is 0. The Morgan fingerprint density at radius 1 is 1.29 bits per heavy atom. The van der Waals surface area contributed by atoms with Gasteiger partial charge in [0.05, 0.1) is 0 Å². The third-order valence-corrected chi connectivity index (χ3v) is 2.93. The van der Waals surface area contributed by atoms with Gasteiger partial charge >= 0.3 is 5.97 Å². The van der Waals surface area contributed by atoms with Crippen LogP contribution in [0.4, 0.5) is 0 Å². The van der Waals surface area contributed by atoms with Gasteiger partial charge in [0.25, 0.3) is 0 Å². The van der Waals surface area contributed by atoms with Crippen molar-refractivity contribution >= 4 is 37.8 Å². The van der Waals surface area contributed by atoms with Crippen LogP contribution in [0.15, 0.2) is 33.5 Å². The lowest BCUT2D eigenvalue weighted by Gasteiger charge is -2.03. The molecule has 2 heterocycles. The van der Waals surface area contributed by atoms with Crippen molar-refractivity contribution in [2.75, 3.05) is 0 Å². The first-order valence-electron chi connectivity index (χ1n) is 4.45. The summed E-state index contributed by atoms with van der Waals surface area (Å²) in [5.41, 5.74) is 0.433. The standard InChI is InChI=1S/C10H5Br2N3O2/c11-5-3-6(12)8(14-4-5)9-13-2-1-7(15-9)10(16)17/h1-4H,(H,16,17). The largest absolute Gasteiger partial charge is 0.477 e. The average Bonchev–Trinajstić information content (AvgIpc) is 2.29. The van der Waals surface area contributed by atoms with Crippen molar-refractivity contribution < 1.29 is 9.90 Å². The number of rotatable bonds is 2. The number of halogens is 2. The van der Waals surface area contributed by atoms with Crippen molar-refractivity contribution in [2.24, 2.45) is 0 Å². The van der Waals surface area contributed by atoms with E-state index >= 15 is 0 Å². The number of hydrogen-bond acceptors (Lipinski definition) is 4. The molecule has 86 valence electrons. The Morgan fingerprint density at radius 3 is 2.71 bits per heavy atom. The van der Waals surface area contributed by atoms with Crippen LogP contribution < -0.4 is 0 Å². The van der Waals surface area contributed by atoms with Gasteiger partial charge in [-0.15, -0.1) is 0 Å². The molecule has 0 amide bonds. The molecule has 0 saturated heterocycles. The molecule has 7 heteroatoms. The molecule has 2 rings (SSSR count). The lowest BCUT2D eigenvalue weighted by atomic mass is 10.3. The first-order valence-corrected chi connectivity index (χ1v) is 6.04. The predicted molar refractivity (Wildman–Crippen MR) is 67.6 cm³/mol. The fourth-order valence-corrected chi connectivity index (χ4v) is 2.34. The Hall–Kier alpha value is -1.34. The number of carbonyl (C=O) groups is 1. The Bertz CT molecular complexity index is 590. The maximum atomic E-state index is 10.8. The maximum absolute atomic E-state index is 10.8. The predicted octanol–water partition coefficient (Wildman–Crippen LogP) is 2.76. The van der Waals surface area contributed by atoms with Crippen molar-refractivity contribution in [3.63, 3.8) is 0 Å². The second-order valence-corrected chi connectivity index (χ2v) is 4.82. The van der Waals surface area contributed by atoms with Gasteiger partial charge in [-0.05, 0) is 44.0 Å². The Labute approximate surface area is 113 Å². The summed E-state index contributed by atoms with van der Waals surface area (Å²) in [6, 6.07) is 3.12. The van der Waals surface area contributed by atoms with Crippen LogP contribution in [0.3, 0.4) is 0 Å². The Kier molecular flexibility index (Phi) is 3.49. The molecule has 2 aromatic rings. The number of nitrogens with zero attached hydrogens (tertiary/aromatic N) is 3. The number of aromatic nitrogens is 3. The number of carboxylic acids is 1. The molecule has 0 saturated carbocycles. The summed E-state index contributed by atoms with van der Waals surface area (Å²) in [6.45, 7) is 0. The molecule has 0 aliphatic carbocycles. The van der Waals surface area contributed by atoms with Crippen LogP contribution in [-0.4, -0.2) is 26.0 Å². The van der Waals surface area contributed by atoms with Crippen molar-refractivity contribution in [1.82, 2.24) is 15.0 Å². The first-order chi connectivity index (χ1) is 8.08. The second kappa shape index (κ2) is 4.89. The van der Waals surface area contributed by atoms with Crippen molar-refractivity contribution in [2.45, 2.75) is 0 Å². The zero-order valence-electron chi connectivity index (χ0n) is 8.26. The Morgan fingerprint density at radius 2 is 2.06 bits per heavy atom. The van der Waals surface area contributed by atoms with E-state index < -0.39 is 5.97 Å². The minimum Gasteiger partial charge on any atom is -0.477 e. The van der Waals surface area contributed by atoms with Crippen molar-refractivity contribution in [3.8, 4) is 11.5 Å². The van der Waals surface area contributed by atoms with Gasteiger partial charge in [-0.2, -0.15) is 0 Å². The second-order valence-electron chi connectivity index (χ2n) is 3.05. The molecule has 17 heavy (non-hydrogen) atoms. The summed E-state index contributed by atoms with van der Waals surface area (Å²) in [5.74, 6) is -0.828. The van der Waals surface area contributed by atoms with E-state index in [2.05, 4.69) is 46.8 Å². The third-order valence-electron chi connectivity index (χ3n) is 1.89. The quantitative estimate of drug-likeness (QED) is 0.893. The molecule has 0 aliphatic rings. The fourth-order valence-electron chi connectivity index (χ4n) is 1.17. The summed E-state index contributed by atoms with van der Waals surface area (Å²) in [6.07, 6.45) is 2.98. The van der Waals surface area contributed by atoms with Crippen LogP contribution >= 0.6 is 31.9 Å². The summed E-state index contributed by atoms with van der Waals surface area (Å²) < 4.78 is 1.50. The lowest BCUT2D eigenvalue weighted by Crippen LogP contribution is -2.03. The van der Waals surface area contributed by atoms with Gasteiger partial charge < -0.3 is 5.11 Å². The van der Waals surface area contributed by atoms with E-state index in [0.717, 1.165) is 4.47 Å². The molecule has 0 fully saturated rings. The molecule has 5 nitrogen and oxygen atoms in total. The smallest absolute Gasteiger partial charge is 0.354 e. The van der Waals surface area contributed by atoms with Gasteiger partial charge in [-0.1, -0.05) is 0 Å². The molecule has 0 atom stereocenters. The summed E-state index contributed by atoms with van der Waals surface area (Å²) >= 11 is 6.60. The van der Waals surface area contributed by atoms with Gasteiger partial charge in [0, 0.05) is 21.3 Å². The molecule has 0 radical (unpaired) electrons. The van der Waals surface area contributed by atoms with E-state index in [9.17, 15) is 4.79 Å². The van der Waals surface area contributed by atoms with Crippen LogP contribution in [0.2, 0.25) is 0 Å². The van der Waals surface area contributed by atoms with E-state index in [1.807, 2.05) is 0 Å². The first kappa shape index (κ1) is 12.1. The topological polar surface area (TPSA) is 76.0 Å². The van der Waals surface area contributed by atoms with E-state index in [1.54, 1.807) is 12.3 Å². The van der Waals surface area contributed by atoms with E-state index in [-0.39, 0.29) is 11.5 Å². The molecule has 0 bridgehead atoms. The van der Waals surface area contributed by atoms with Gasteiger partial charge in [0.1, 0.15) is 5.69 Å². The van der Waals surface area contributed by atoms with Crippen molar-refractivity contribution in [1.29, 1.82) is 0 Å². The van der Waals surface area contributed by atoms with Crippen LogP contribution in [0.5, 0.6) is 0 Å². The van der Waals surface area contributed by atoms with Crippen LogP contribution in [-0.2, 0) is 0 Å². The zero-order chi connectivity index (χ0) is 12.4. The zero-order valence-corrected chi connectivity index (χ0v) is 11.4.